The van der Waals surface area contributed by atoms with Gasteiger partial charge in [-0.3, -0.25) is 9.36 Å². The van der Waals surface area contributed by atoms with Crippen LogP contribution in [0, 0.1) is 6.92 Å². The number of nitrogens with one attached hydrogen (secondary N) is 2. The monoisotopic (exact) mass is 299 g/mol. The maximum absolute atomic E-state index is 12.6. The summed E-state index contributed by atoms with van der Waals surface area (Å²) in [6.45, 7) is 1.77. The molecule has 3 heterocycles. The van der Waals surface area contributed by atoms with E-state index in [-0.39, 0.29) is 11.2 Å². The molecule has 3 aromatic rings. The highest BCUT2D eigenvalue weighted by molar-refractivity contribution is 5.95. The fraction of sp³-hybridized carbons (Fsp3) is 0.267. The molecule has 0 aliphatic rings. The van der Waals surface area contributed by atoms with Gasteiger partial charge in [-0.1, -0.05) is 0 Å². The third-order valence-corrected chi connectivity index (χ3v) is 4.01. The molecule has 0 unspecified atom stereocenters. The number of H-pyrrole nitrogens is 1. The van der Waals surface area contributed by atoms with Gasteiger partial charge in [-0.25, -0.2) is 9.78 Å². The summed E-state index contributed by atoms with van der Waals surface area (Å²) >= 11 is 0. The summed E-state index contributed by atoms with van der Waals surface area (Å²) in [6.07, 6.45) is 1.78. The highest BCUT2D eigenvalue weighted by Gasteiger charge is 2.18. The van der Waals surface area contributed by atoms with E-state index in [9.17, 15) is 9.59 Å². The molecule has 7 nitrogen and oxygen atoms in total. The van der Waals surface area contributed by atoms with Gasteiger partial charge in [0.2, 0.25) is 0 Å². The first-order valence-electron chi connectivity index (χ1n) is 6.88. The van der Waals surface area contributed by atoms with Crippen molar-refractivity contribution in [2.24, 2.45) is 14.1 Å². The van der Waals surface area contributed by atoms with Gasteiger partial charge in [-0.2, -0.15) is 0 Å². The Morgan fingerprint density at radius 1 is 1.23 bits per heavy atom. The Kier molecular flexibility index (Phi) is 3.13. The van der Waals surface area contributed by atoms with Crippen LogP contribution in [-0.2, 0) is 14.1 Å². The van der Waals surface area contributed by atoms with Crippen LogP contribution >= 0.6 is 0 Å². The van der Waals surface area contributed by atoms with Crippen LogP contribution in [0.25, 0.3) is 22.2 Å². The molecule has 0 aliphatic heterocycles. The molecule has 0 amide bonds. The van der Waals surface area contributed by atoms with Gasteiger partial charge in [0.1, 0.15) is 11.5 Å². The molecule has 0 fully saturated rings. The van der Waals surface area contributed by atoms with E-state index in [1.165, 1.54) is 11.6 Å². The summed E-state index contributed by atoms with van der Waals surface area (Å²) in [6, 6.07) is 3.70. The van der Waals surface area contributed by atoms with E-state index in [4.69, 9.17) is 0 Å². The third-order valence-electron chi connectivity index (χ3n) is 4.01. The Balaban J connectivity index is 2.50. The second-order valence-corrected chi connectivity index (χ2v) is 5.21. The fourth-order valence-electron chi connectivity index (χ4n) is 2.63. The molecule has 0 aliphatic carbocycles. The average Bonchev–Trinajstić information content (AvgIpc) is 2.99. The highest BCUT2D eigenvalue weighted by Crippen LogP contribution is 2.29. The van der Waals surface area contributed by atoms with Gasteiger partial charge >= 0.3 is 5.69 Å². The van der Waals surface area contributed by atoms with Crippen molar-refractivity contribution in [2.45, 2.75) is 6.92 Å². The van der Waals surface area contributed by atoms with Crippen LogP contribution in [0.4, 0.5) is 5.82 Å². The van der Waals surface area contributed by atoms with Crippen molar-refractivity contribution in [3.05, 3.63) is 44.9 Å². The predicted octanol–water partition coefficient (Wildman–Crippen LogP) is 0.977. The molecule has 0 saturated heterocycles. The van der Waals surface area contributed by atoms with Crippen molar-refractivity contribution < 1.29 is 0 Å². The fourth-order valence-corrected chi connectivity index (χ4v) is 2.63. The van der Waals surface area contributed by atoms with E-state index in [2.05, 4.69) is 15.3 Å². The van der Waals surface area contributed by atoms with Crippen LogP contribution in [0.15, 0.2) is 27.9 Å². The summed E-state index contributed by atoms with van der Waals surface area (Å²) in [7, 11) is 4.92. The molecular formula is C15H17N5O2. The number of rotatable bonds is 2. The molecule has 0 radical (unpaired) electrons. The van der Waals surface area contributed by atoms with E-state index < -0.39 is 0 Å². The van der Waals surface area contributed by atoms with Crippen molar-refractivity contribution >= 4 is 16.9 Å². The minimum Gasteiger partial charge on any atom is -0.373 e. The van der Waals surface area contributed by atoms with E-state index in [1.54, 1.807) is 27.2 Å². The maximum atomic E-state index is 12.6. The van der Waals surface area contributed by atoms with Crippen molar-refractivity contribution in [3.63, 3.8) is 0 Å². The first kappa shape index (κ1) is 14.1. The maximum Gasteiger partial charge on any atom is 0.330 e. The number of aromatic amines is 1. The van der Waals surface area contributed by atoms with Crippen LogP contribution in [0.2, 0.25) is 0 Å². The van der Waals surface area contributed by atoms with Gasteiger partial charge in [0.05, 0.1) is 5.56 Å². The van der Waals surface area contributed by atoms with Gasteiger partial charge in [-0.15, -0.1) is 0 Å². The summed E-state index contributed by atoms with van der Waals surface area (Å²) < 4.78 is 2.61. The van der Waals surface area contributed by atoms with Crippen molar-refractivity contribution in [3.8, 4) is 11.1 Å². The lowest BCUT2D eigenvalue weighted by molar-refractivity contribution is 0.671. The number of pyridine rings is 1. The topological polar surface area (TPSA) is 84.7 Å². The molecule has 2 N–H and O–H groups in total. The Morgan fingerprint density at radius 3 is 2.64 bits per heavy atom. The van der Waals surface area contributed by atoms with Crippen LogP contribution in [0.3, 0.4) is 0 Å². The van der Waals surface area contributed by atoms with Gasteiger partial charge in [0.15, 0.2) is 0 Å². The summed E-state index contributed by atoms with van der Waals surface area (Å²) in [5.41, 5.74) is 1.94. The number of aromatic nitrogens is 4. The Labute approximate surface area is 126 Å². The van der Waals surface area contributed by atoms with Gasteiger partial charge < -0.3 is 14.9 Å². The molecule has 22 heavy (non-hydrogen) atoms. The van der Waals surface area contributed by atoms with Gasteiger partial charge in [0.25, 0.3) is 5.56 Å². The minimum absolute atomic E-state index is 0.309. The Morgan fingerprint density at radius 2 is 1.95 bits per heavy atom. The zero-order valence-electron chi connectivity index (χ0n) is 12.9. The second-order valence-electron chi connectivity index (χ2n) is 5.21. The Hall–Kier alpha value is -2.83. The number of anilines is 1. The molecule has 7 heteroatoms. The molecule has 0 atom stereocenters. The van der Waals surface area contributed by atoms with Crippen LogP contribution < -0.4 is 16.6 Å². The number of fused-ring (bicyclic) bond motifs is 1. The lowest BCUT2D eigenvalue weighted by Gasteiger charge is -2.13. The zero-order valence-corrected chi connectivity index (χ0v) is 12.9. The first-order chi connectivity index (χ1) is 10.5. The van der Waals surface area contributed by atoms with Crippen LogP contribution in [0.5, 0.6) is 0 Å². The summed E-state index contributed by atoms with van der Waals surface area (Å²) in [4.78, 5) is 32.1. The normalized spacial score (nSPS) is 11.1. The first-order valence-corrected chi connectivity index (χ1v) is 6.88. The van der Waals surface area contributed by atoms with Crippen molar-refractivity contribution in [2.75, 3.05) is 12.4 Å². The lowest BCUT2D eigenvalue weighted by Crippen LogP contribution is -2.39. The molecule has 114 valence electrons. The predicted molar refractivity (Wildman–Crippen MR) is 86.3 cm³/mol. The lowest BCUT2D eigenvalue weighted by atomic mass is 10.0. The van der Waals surface area contributed by atoms with Gasteiger partial charge in [0, 0.05) is 44.0 Å². The van der Waals surface area contributed by atoms with E-state index in [0.717, 1.165) is 15.5 Å². The molecular weight excluding hydrogens is 282 g/mol. The standard InChI is InChI=1S/C15H17N5O2/c1-8-12(14(21)20(4)15(22)19(8)3)10-7-11(16-2)18-13-9(10)5-6-17-13/h5-7H,1-4H3,(H2,16,17,18). The highest BCUT2D eigenvalue weighted by atomic mass is 16.2. The van der Waals surface area contributed by atoms with Gasteiger partial charge in [-0.05, 0) is 19.1 Å². The van der Waals surface area contributed by atoms with Crippen molar-refractivity contribution in [1.29, 1.82) is 0 Å². The third kappa shape index (κ3) is 1.86. The molecule has 0 aromatic carbocycles. The molecule has 3 aromatic heterocycles. The van der Waals surface area contributed by atoms with E-state index in [0.29, 0.717) is 22.7 Å². The largest absolute Gasteiger partial charge is 0.373 e. The number of hydrogen-bond donors (Lipinski definition) is 2. The van der Waals surface area contributed by atoms with Crippen LogP contribution in [-0.4, -0.2) is 26.1 Å². The SMILES string of the molecule is CNc1cc(-c2c(C)n(C)c(=O)n(C)c2=O)c2cc[nH]c2n1. The van der Waals surface area contributed by atoms with E-state index >= 15 is 0 Å². The number of hydrogen-bond acceptors (Lipinski definition) is 4. The molecule has 0 saturated carbocycles. The zero-order chi connectivity index (χ0) is 16.0. The smallest absolute Gasteiger partial charge is 0.330 e. The summed E-state index contributed by atoms with van der Waals surface area (Å²) in [5, 5.41) is 3.84. The average molecular weight is 299 g/mol. The Bertz CT molecular complexity index is 994. The quantitative estimate of drug-likeness (QED) is 0.738. The molecule has 0 bridgehead atoms. The van der Waals surface area contributed by atoms with Crippen LogP contribution in [0.1, 0.15) is 5.69 Å². The van der Waals surface area contributed by atoms with E-state index in [1.807, 2.05) is 12.1 Å². The summed E-state index contributed by atoms with van der Waals surface area (Å²) in [5.74, 6) is 0.653. The minimum atomic E-state index is -0.334. The number of nitrogens with zero attached hydrogens (tertiary/aromatic N) is 3. The molecule has 3 rings (SSSR count). The second kappa shape index (κ2) is 4.87. The van der Waals surface area contributed by atoms with Crippen molar-refractivity contribution in [1.82, 2.24) is 19.1 Å². The molecule has 0 spiro atoms.